The number of primary amides is 1. The number of benzene rings is 2. The monoisotopic (exact) mass is 499 g/mol. The zero-order chi connectivity index (χ0) is 25.3. The summed E-state index contributed by atoms with van der Waals surface area (Å²) in [4.78, 5) is 18.4. The second-order valence-corrected chi connectivity index (χ2v) is 8.69. The van der Waals surface area contributed by atoms with Crippen LogP contribution in [-0.2, 0) is 13.0 Å². The van der Waals surface area contributed by atoms with E-state index in [9.17, 15) is 18.0 Å². The van der Waals surface area contributed by atoms with Crippen molar-refractivity contribution in [1.29, 1.82) is 0 Å². The van der Waals surface area contributed by atoms with E-state index in [2.05, 4.69) is 14.9 Å². The van der Waals surface area contributed by atoms with Crippen LogP contribution in [-0.4, -0.2) is 40.1 Å². The van der Waals surface area contributed by atoms with Crippen LogP contribution in [0, 0.1) is 0 Å². The number of nitrogens with zero attached hydrogens (tertiary/aromatic N) is 4. The number of carbonyl (C=O) groups excluding carboxylic acids is 1. The first-order valence-electron chi connectivity index (χ1n) is 11.6. The molecule has 0 spiro atoms. The Balaban J connectivity index is 1.23. The van der Waals surface area contributed by atoms with Crippen LogP contribution in [0.5, 0.6) is 5.75 Å². The molecule has 1 amide bonds. The maximum Gasteiger partial charge on any atom is 0.573 e. The molecule has 0 unspecified atom stereocenters. The molecule has 0 radical (unpaired) electrons. The maximum atomic E-state index is 12.8. The summed E-state index contributed by atoms with van der Waals surface area (Å²) in [6, 6.07) is 15.7. The highest BCUT2D eigenvalue weighted by Crippen LogP contribution is 2.37. The van der Waals surface area contributed by atoms with Crippen LogP contribution in [0.15, 0.2) is 59.1 Å². The van der Waals surface area contributed by atoms with Gasteiger partial charge in [-0.25, -0.2) is 0 Å². The van der Waals surface area contributed by atoms with Gasteiger partial charge < -0.3 is 24.5 Å². The fourth-order valence-electron chi connectivity index (χ4n) is 4.76. The van der Waals surface area contributed by atoms with Crippen LogP contribution in [0.4, 0.5) is 19.1 Å². The van der Waals surface area contributed by atoms with Gasteiger partial charge in [0, 0.05) is 37.0 Å². The number of halogens is 3. The van der Waals surface area contributed by atoms with Crippen molar-refractivity contribution in [2.75, 3.05) is 18.0 Å². The highest BCUT2D eigenvalue weighted by molar-refractivity contribution is 5.97. The van der Waals surface area contributed by atoms with Crippen LogP contribution in [0.25, 0.3) is 10.9 Å². The average Bonchev–Trinajstić information content (AvgIpc) is 3.47. The molecule has 1 saturated heterocycles. The van der Waals surface area contributed by atoms with Gasteiger partial charge in [-0.05, 0) is 47.7 Å². The van der Waals surface area contributed by atoms with E-state index in [1.54, 1.807) is 18.2 Å². The molecule has 11 heteroatoms. The minimum Gasteiger partial charge on any atom is -0.405 e. The van der Waals surface area contributed by atoms with E-state index in [4.69, 9.17) is 10.3 Å². The molecule has 0 bridgehead atoms. The Morgan fingerprint density at radius 2 is 1.83 bits per heavy atom. The second kappa shape index (κ2) is 9.56. The highest BCUT2D eigenvalue weighted by atomic mass is 19.4. The van der Waals surface area contributed by atoms with Crippen LogP contribution >= 0.6 is 0 Å². The number of piperidine rings is 1. The summed E-state index contributed by atoms with van der Waals surface area (Å²) < 4.78 is 49.9. The molecule has 1 fully saturated rings. The van der Waals surface area contributed by atoms with Gasteiger partial charge in [0.1, 0.15) is 11.4 Å². The third-order valence-electron chi connectivity index (χ3n) is 6.43. The first-order chi connectivity index (χ1) is 17.3. The molecule has 188 valence electrons. The Morgan fingerprint density at radius 1 is 1.11 bits per heavy atom. The average molecular weight is 499 g/mol. The molecule has 4 aromatic rings. The molecule has 2 aromatic carbocycles. The number of nitrogens with two attached hydrogens (primary N) is 1. The first kappa shape index (κ1) is 23.7. The summed E-state index contributed by atoms with van der Waals surface area (Å²) in [5.41, 5.74) is 7.41. The van der Waals surface area contributed by atoms with Gasteiger partial charge in [-0.15, -0.1) is 13.2 Å². The number of aryl methyl sites for hydroxylation is 2. The van der Waals surface area contributed by atoms with Crippen molar-refractivity contribution in [3.63, 3.8) is 0 Å². The lowest BCUT2D eigenvalue weighted by Gasteiger charge is -2.31. The van der Waals surface area contributed by atoms with Gasteiger partial charge in [-0.1, -0.05) is 36.4 Å². The van der Waals surface area contributed by atoms with Crippen molar-refractivity contribution < 1.29 is 27.2 Å². The van der Waals surface area contributed by atoms with E-state index >= 15 is 0 Å². The van der Waals surface area contributed by atoms with E-state index < -0.39 is 12.3 Å². The fourth-order valence-corrected chi connectivity index (χ4v) is 4.76. The van der Waals surface area contributed by atoms with Crippen molar-refractivity contribution in [3.05, 3.63) is 71.7 Å². The number of alkyl halides is 3. The van der Waals surface area contributed by atoms with Gasteiger partial charge >= 0.3 is 6.36 Å². The third-order valence-corrected chi connectivity index (χ3v) is 6.43. The van der Waals surface area contributed by atoms with Gasteiger partial charge in [0.05, 0.1) is 0 Å². The van der Waals surface area contributed by atoms with Crippen molar-refractivity contribution in [1.82, 2.24) is 14.7 Å². The molecule has 5 rings (SSSR count). The van der Waals surface area contributed by atoms with Crippen LogP contribution in [0.2, 0.25) is 0 Å². The number of hydrogen-bond acceptors (Lipinski definition) is 6. The number of hydrogen-bond donors (Lipinski definition) is 1. The Kier molecular flexibility index (Phi) is 6.29. The summed E-state index contributed by atoms with van der Waals surface area (Å²) in [5.74, 6) is 0.126. The Hall–Kier alpha value is -4.02. The molecule has 1 aliphatic heterocycles. The van der Waals surface area contributed by atoms with E-state index in [0.29, 0.717) is 62.0 Å². The standard InChI is InChI=1S/C25H24F3N5O3/c26-25(27,28)35-21-8-4-2-6-18(21)16-9-12-32(13-10-16)24-30-22(36-31-24)11-14-33-19-7-3-1-5-17(19)15-20(33)23(29)34/h1-8,15-16H,9-14H2,(H2,29,34). The van der Waals surface area contributed by atoms with Crippen LogP contribution in [0.3, 0.4) is 0 Å². The van der Waals surface area contributed by atoms with E-state index in [1.807, 2.05) is 33.7 Å². The molecule has 8 nitrogen and oxygen atoms in total. The molecule has 2 N–H and O–H groups in total. The van der Waals surface area contributed by atoms with E-state index in [-0.39, 0.29) is 11.7 Å². The Bertz CT molecular complexity index is 1370. The Morgan fingerprint density at radius 3 is 2.58 bits per heavy atom. The zero-order valence-electron chi connectivity index (χ0n) is 19.2. The van der Waals surface area contributed by atoms with E-state index in [0.717, 1.165) is 10.9 Å². The number of amides is 1. The summed E-state index contributed by atoms with van der Waals surface area (Å²) in [5, 5.41) is 5.01. The summed E-state index contributed by atoms with van der Waals surface area (Å²) in [7, 11) is 0. The summed E-state index contributed by atoms with van der Waals surface area (Å²) in [6.07, 6.45) is -3.08. The SMILES string of the molecule is NC(=O)c1cc2ccccc2n1CCc1nc(N2CCC(c3ccccc3OC(F)(F)F)CC2)no1. The van der Waals surface area contributed by atoms with Gasteiger partial charge in [-0.3, -0.25) is 4.79 Å². The van der Waals surface area contributed by atoms with Crippen molar-refractivity contribution in [2.45, 2.75) is 38.1 Å². The summed E-state index contributed by atoms with van der Waals surface area (Å²) in [6.45, 7) is 1.57. The minimum absolute atomic E-state index is 0.0691. The lowest BCUT2D eigenvalue weighted by molar-refractivity contribution is -0.275. The second-order valence-electron chi connectivity index (χ2n) is 8.69. The molecule has 36 heavy (non-hydrogen) atoms. The number of rotatable bonds is 7. The number of ether oxygens (including phenoxy) is 1. The predicted molar refractivity (Wildman–Crippen MR) is 126 cm³/mol. The van der Waals surface area contributed by atoms with Crippen molar-refractivity contribution >= 4 is 22.8 Å². The number of fused-ring (bicyclic) bond motifs is 1. The normalized spacial score (nSPS) is 14.9. The highest BCUT2D eigenvalue weighted by Gasteiger charge is 2.33. The maximum absolute atomic E-state index is 12.8. The molecule has 3 heterocycles. The van der Waals surface area contributed by atoms with Crippen molar-refractivity contribution in [3.8, 4) is 5.75 Å². The largest absolute Gasteiger partial charge is 0.573 e. The number of aromatic nitrogens is 3. The van der Waals surface area contributed by atoms with E-state index in [1.165, 1.54) is 12.1 Å². The number of carbonyl (C=O) groups is 1. The van der Waals surface area contributed by atoms with Crippen molar-refractivity contribution in [2.24, 2.45) is 5.73 Å². The molecule has 0 saturated carbocycles. The van der Waals surface area contributed by atoms with Gasteiger partial charge in [0.2, 0.25) is 5.89 Å². The van der Waals surface area contributed by atoms with Crippen LogP contribution in [0.1, 0.15) is 40.7 Å². The topological polar surface area (TPSA) is 99.4 Å². The fraction of sp³-hybridized carbons (Fsp3) is 0.320. The third kappa shape index (κ3) is 5.00. The van der Waals surface area contributed by atoms with Crippen LogP contribution < -0.4 is 15.4 Å². The lowest BCUT2D eigenvalue weighted by Crippen LogP contribution is -2.34. The number of para-hydroxylation sites is 2. The van der Waals surface area contributed by atoms with Gasteiger partial charge in [-0.2, -0.15) is 4.98 Å². The summed E-state index contributed by atoms with van der Waals surface area (Å²) >= 11 is 0. The molecule has 0 aliphatic carbocycles. The van der Waals surface area contributed by atoms with Gasteiger partial charge in [0.15, 0.2) is 0 Å². The molecular weight excluding hydrogens is 475 g/mol. The molecular formula is C25H24F3N5O3. The number of anilines is 1. The molecule has 1 aliphatic rings. The first-order valence-corrected chi connectivity index (χ1v) is 11.6. The molecule has 0 atom stereocenters. The smallest absolute Gasteiger partial charge is 0.405 e. The predicted octanol–water partition coefficient (Wildman–Crippen LogP) is 4.65. The lowest BCUT2D eigenvalue weighted by atomic mass is 9.89. The Labute approximate surface area is 204 Å². The minimum atomic E-state index is -4.73. The van der Waals surface area contributed by atoms with Gasteiger partial charge in [0.25, 0.3) is 11.9 Å². The molecule has 2 aromatic heterocycles. The zero-order valence-corrected chi connectivity index (χ0v) is 19.2. The quantitative estimate of drug-likeness (QED) is 0.398.